The summed E-state index contributed by atoms with van der Waals surface area (Å²) in [6.45, 7) is 5.83. The first-order valence-corrected chi connectivity index (χ1v) is 10.4. The highest BCUT2D eigenvalue weighted by Gasteiger charge is 2.10. The van der Waals surface area contributed by atoms with Crippen LogP contribution in [0.1, 0.15) is 25.8 Å². The average Bonchev–Trinajstić information content (AvgIpc) is 2.78. The molecule has 2 aromatic rings. The molecule has 32 heavy (non-hydrogen) atoms. The number of benzene rings is 2. The maximum Gasteiger partial charge on any atom is 0.191 e. The molecule has 2 aromatic carbocycles. The van der Waals surface area contributed by atoms with E-state index >= 15 is 0 Å². The highest BCUT2D eigenvalue weighted by atomic mass is 127. The summed E-state index contributed by atoms with van der Waals surface area (Å²) in [4.78, 5) is 4.62. The van der Waals surface area contributed by atoms with Gasteiger partial charge in [0.2, 0.25) is 0 Å². The summed E-state index contributed by atoms with van der Waals surface area (Å²) in [5, 5.41) is 15.4. The van der Waals surface area contributed by atoms with Gasteiger partial charge in [0, 0.05) is 12.6 Å². The summed E-state index contributed by atoms with van der Waals surface area (Å²) in [5.41, 5.74) is 0.952. The molecule has 0 saturated carbocycles. The molecule has 0 amide bonds. The third-order valence-electron chi connectivity index (χ3n) is 4.39. The quantitative estimate of drug-likeness (QED) is 0.208. The van der Waals surface area contributed by atoms with Gasteiger partial charge >= 0.3 is 0 Å². The molecule has 2 rings (SSSR count). The van der Waals surface area contributed by atoms with E-state index in [1.54, 1.807) is 25.3 Å². The summed E-state index contributed by atoms with van der Waals surface area (Å²) in [6.07, 6.45) is 0.629. The van der Waals surface area contributed by atoms with E-state index in [-0.39, 0.29) is 49.1 Å². The zero-order valence-corrected chi connectivity index (χ0v) is 21.1. The van der Waals surface area contributed by atoms with E-state index in [0.29, 0.717) is 42.8 Å². The number of guanidine groups is 1. The maximum absolute atomic E-state index is 13.4. The van der Waals surface area contributed by atoms with Crippen LogP contribution in [0.2, 0.25) is 0 Å². The van der Waals surface area contributed by atoms with E-state index in [1.165, 1.54) is 12.1 Å². The van der Waals surface area contributed by atoms with Crippen LogP contribution in [0.5, 0.6) is 17.2 Å². The van der Waals surface area contributed by atoms with Crippen molar-refractivity contribution in [1.29, 1.82) is 0 Å². The lowest BCUT2D eigenvalue weighted by atomic mass is 10.2. The van der Waals surface area contributed by atoms with Crippen LogP contribution >= 0.6 is 24.0 Å². The van der Waals surface area contributed by atoms with Gasteiger partial charge in [-0.3, -0.25) is 0 Å². The first-order chi connectivity index (χ1) is 15.1. The van der Waals surface area contributed by atoms with Gasteiger partial charge in [-0.15, -0.1) is 24.0 Å². The Morgan fingerprint density at radius 2 is 1.94 bits per heavy atom. The van der Waals surface area contributed by atoms with E-state index in [0.717, 1.165) is 12.0 Å². The molecule has 0 fully saturated rings. The smallest absolute Gasteiger partial charge is 0.191 e. The number of aliphatic hydroxyl groups is 1. The Balaban J connectivity index is 0.00000512. The van der Waals surface area contributed by atoms with Gasteiger partial charge in [0.05, 0.1) is 26.8 Å². The molecule has 1 atom stereocenters. The monoisotopic (exact) mass is 561 g/mol. The zero-order chi connectivity index (χ0) is 22.5. The molecule has 0 saturated heterocycles. The van der Waals surface area contributed by atoms with Crippen molar-refractivity contribution < 1.29 is 23.7 Å². The Kier molecular flexibility index (Phi) is 13.5. The van der Waals surface area contributed by atoms with Crippen molar-refractivity contribution >= 4 is 29.9 Å². The van der Waals surface area contributed by atoms with Gasteiger partial charge in [-0.2, -0.15) is 0 Å². The van der Waals surface area contributed by atoms with Gasteiger partial charge in [-0.25, -0.2) is 9.38 Å². The molecule has 9 heteroatoms. The third-order valence-corrected chi connectivity index (χ3v) is 4.39. The SMILES string of the molecule is CCNC(=NCc1ccc(OCCO)c(OC)c1)NCC(CC)Oc1cccc(F)c1.I. The number of ether oxygens (including phenoxy) is 3. The number of methoxy groups -OCH3 is 1. The predicted molar refractivity (Wildman–Crippen MR) is 135 cm³/mol. The number of halogens is 2. The van der Waals surface area contributed by atoms with Gasteiger partial charge in [-0.1, -0.05) is 19.1 Å². The second-order valence-corrected chi connectivity index (χ2v) is 6.74. The average molecular weight is 561 g/mol. The lowest BCUT2D eigenvalue weighted by Gasteiger charge is -2.20. The van der Waals surface area contributed by atoms with Gasteiger partial charge in [0.25, 0.3) is 0 Å². The Morgan fingerprint density at radius 3 is 2.59 bits per heavy atom. The fourth-order valence-corrected chi connectivity index (χ4v) is 2.81. The summed E-state index contributed by atoms with van der Waals surface area (Å²) >= 11 is 0. The second kappa shape index (κ2) is 15.5. The highest BCUT2D eigenvalue weighted by Crippen LogP contribution is 2.28. The molecular weight excluding hydrogens is 528 g/mol. The zero-order valence-electron chi connectivity index (χ0n) is 18.8. The summed E-state index contributed by atoms with van der Waals surface area (Å²) < 4.78 is 30.1. The van der Waals surface area contributed by atoms with Crippen LogP contribution in [0.3, 0.4) is 0 Å². The number of hydrogen-bond donors (Lipinski definition) is 3. The van der Waals surface area contributed by atoms with Crippen molar-refractivity contribution in [2.75, 3.05) is 33.4 Å². The Hall–Kier alpha value is -2.27. The van der Waals surface area contributed by atoms with Gasteiger partial charge in [-0.05, 0) is 43.2 Å². The maximum atomic E-state index is 13.4. The van der Waals surface area contributed by atoms with Crippen molar-refractivity contribution in [1.82, 2.24) is 10.6 Å². The number of aliphatic hydroxyl groups excluding tert-OH is 1. The van der Waals surface area contributed by atoms with Crippen LogP contribution in [0.4, 0.5) is 4.39 Å². The minimum atomic E-state index is -0.321. The molecule has 0 aliphatic carbocycles. The van der Waals surface area contributed by atoms with Crippen LogP contribution in [-0.4, -0.2) is 50.6 Å². The minimum absolute atomic E-state index is 0. The predicted octanol–water partition coefficient (Wildman–Crippen LogP) is 3.74. The largest absolute Gasteiger partial charge is 0.493 e. The van der Waals surface area contributed by atoms with Crippen LogP contribution in [0.15, 0.2) is 47.5 Å². The van der Waals surface area contributed by atoms with Crippen LogP contribution in [0, 0.1) is 5.82 Å². The molecular formula is C23H33FIN3O4. The standard InChI is InChI=1S/C23H32FN3O4.HI/c1-4-19(31-20-8-6-7-18(24)14-20)16-27-23(25-5-2)26-15-17-9-10-21(30-12-11-28)22(13-17)29-3;/h6-10,13-14,19,28H,4-5,11-12,15-16H2,1-3H3,(H2,25,26,27);1H. The molecule has 7 nitrogen and oxygen atoms in total. The topological polar surface area (TPSA) is 84.3 Å². The van der Waals surface area contributed by atoms with E-state index in [4.69, 9.17) is 19.3 Å². The van der Waals surface area contributed by atoms with E-state index in [2.05, 4.69) is 15.6 Å². The first kappa shape index (κ1) is 27.8. The van der Waals surface area contributed by atoms with Gasteiger partial charge < -0.3 is 30.0 Å². The fraction of sp³-hybridized carbons (Fsp3) is 0.435. The molecule has 178 valence electrons. The number of nitrogens with one attached hydrogen (secondary N) is 2. The molecule has 0 aromatic heterocycles. The van der Waals surface area contributed by atoms with E-state index in [9.17, 15) is 4.39 Å². The minimum Gasteiger partial charge on any atom is -0.493 e. The lowest BCUT2D eigenvalue weighted by molar-refractivity contribution is 0.196. The molecule has 1 unspecified atom stereocenters. The van der Waals surface area contributed by atoms with Crippen molar-refractivity contribution in [3.05, 3.63) is 53.8 Å². The second-order valence-electron chi connectivity index (χ2n) is 6.74. The summed E-state index contributed by atoms with van der Waals surface area (Å²) in [7, 11) is 1.57. The summed E-state index contributed by atoms with van der Waals surface area (Å²) in [6, 6.07) is 11.7. The molecule has 0 bridgehead atoms. The van der Waals surface area contributed by atoms with Crippen LogP contribution in [0.25, 0.3) is 0 Å². The Morgan fingerprint density at radius 1 is 1.12 bits per heavy atom. The number of nitrogens with zero attached hydrogens (tertiary/aromatic N) is 1. The van der Waals surface area contributed by atoms with Crippen molar-refractivity contribution in [2.24, 2.45) is 4.99 Å². The molecule has 0 aliphatic heterocycles. The third kappa shape index (κ3) is 9.47. The first-order valence-electron chi connectivity index (χ1n) is 10.4. The van der Waals surface area contributed by atoms with E-state index in [1.807, 2.05) is 26.0 Å². The normalized spacial score (nSPS) is 11.8. The van der Waals surface area contributed by atoms with Crippen molar-refractivity contribution in [3.63, 3.8) is 0 Å². The van der Waals surface area contributed by atoms with Crippen molar-refractivity contribution in [2.45, 2.75) is 32.9 Å². The van der Waals surface area contributed by atoms with Crippen LogP contribution in [-0.2, 0) is 6.54 Å². The Labute approximate surface area is 206 Å². The molecule has 0 aliphatic rings. The molecule has 3 N–H and O–H groups in total. The Bertz CT molecular complexity index is 839. The molecule has 0 radical (unpaired) electrons. The fourth-order valence-electron chi connectivity index (χ4n) is 2.81. The number of hydrogen-bond acceptors (Lipinski definition) is 5. The number of rotatable bonds is 12. The lowest BCUT2D eigenvalue weighted by Crippen LogP contribution is -2.42. The van der Waals surface area contributed by atoms with E-state index < -0.39 is 0 Å². The molecule has 0 heterocycles. The van der Waals surface area contributed by atoms with Crippen LogP contribution < -0.4 is 24.8 Å². The van der Waals surface area contributed by atoms with Gasteiger partial charge in [0.1, 0.15) is 24.3 Å². The molecule has 0 spiro atoms. The summed E-state index contributed by atoms with van der Waals surface area (Å²) in [5.74, 6) is 2.01. The van der Waals surface area contributed by atoms with Gasteiger partial charge in [0.15, 0.2) is 17.5 Å². The highest BCUT2D eigenvalue weighted by molar-refractivity contribution is 14.0. The number of aliphatic imine (C=N–C) groups is 1. The van der Waals surface area contributed by atoms with Crippen molar-refractivity contribution in [3.8, 4) is 17.2 Å².